The molecule has 10 nitrogen and oxygen atoms in total. The maximum absolute atomic E-state index is 11.9. The van der Waals surface area contributed by atoms with Crippen molar-refractivity contribution >= 4 is 11.9 Å². The molecule has 1 aliphatic heterocycles. The first-order valence-corrected chi connectivity index (χ1v) is 12.4. The van der Waals surface area contributed by atoms with Crippen LogP contribution in [0.5, 0.6) is 5.75 Å². The summed E-state index contributed by atoms with van der Waals surface area (Å²) < 4.78 is 15.7. The van der Waals surface area contributed by atoms with Gasteiger partial charge in [0.25, 0.3) is 5.09 Å². The molecule has 0 radical (unpaired) electrons. The first-order chi connectivity index (χ1) is 17.8. The molecule has 37 heavy (non-hydrogen) atoms. The van der Waals surface area contributed by atoms with Crippen molar-refractivity contribution in [2.24, 2.45) is 11.8 Å². The van der Waals surface area contributed by atoms with Crippen LogP contribution in [0.2, 0.25) is 0 Å². The van der Waals surface area contributed by atoms with Crippen LogP contribution < -0.4 is 4.74 Å². The lowest BCUT2D eigenvalue weighted by atomic mass is 9.86. The Morgan fingerprint density at radius 2 is 2.08 bits per heavy atom. The van der Waals surface area contributed by atoms with Crippen LogP contribution >= 0.6 is 0 Å². The average Bonchev–Trinajstić information content (AvgIpc) is 3.44. The summed E-state index contributed by atoms with van der Waals surface area (Å²) in [7, 11) is 0. The number of aliphatic hydroxyl groups is 1. The SMILES string of the molecule is CC#CCC(C)C(O)/C=C/C1CCC2Oc3c(CCCC(=O)OCOC(=O)CO[N+](=O)[O-])cccc3C12. The van der Waals surface area contributed by atoms with Gasteiger partial charge in [-0.1, -0.05) is 37.3 Å². The van der Waals surface area contributed by atoms with Crippen molar-refractivity contribution in [3.63, 3.8) is 0 Å². The Bertz CT molecular complexity index is 1060. The van der Waals surface area contributed by atoms with E-state index < -0.39 is 36.5 Å². The number of fused-ring (bicyclic) bond motifs is 3. The van der Waals surface area contributed by atoms with Crippen molar-refractivity contribution in [1.82, 2.24) is 0 Å². The van der Waals surface area contributed by atoms with E-state index in [1.807, 2.05) is 25.1 Å². The summed E-state index contributed by atoms with van der Waals surface area (Å²) in [5, 5.41) is 19.4. The zero-order valence-corrected chi connectivity index (χ0v) is 21.1. The van der Waals surface area contributed by atoms with Crippen molar-refractivity contribution in [3.8, 4) is 17.6 Å². The number of nitrogens with zero attached hydrogens (tertiary/aromatic N) is 1. The van der Waals surface area contributed by atoms with Gasteiger partial charge in [-0.15, -0.1) is 22.0 Å². The Hall–Kier alpha value is -3.58. The third-order valence-corrected chi connectivity index (χ3v) is 6.70. The minimum Gasteiger partial charge on any atom is -0.489 e. The highest BCUT2D eigenvalue weighted by atomic mass is 17.0. The summed E-state index contributed by atoms with van der Waals surface area (Å²) >= 11 is 0. The van der Waals surface area contributed by atoms with Gasteiger partial charge in [0.2, 0.25) is 6.79 Å². The number of para-hydroxylation sites is 1. The number of benzene rings is 1. The number of esters is 2. The largest absolute Gasteiger partial charge is 0.489 e. The highest BCUT2D eigenvalue weighted by Gasteiger charge is 2.44. The molecule has 3 rings (SSSR count). The lowest BCUT2D eigenvalue weighted by Gasteiger charge is -2.17. The molecule has 0 spiro atoms. The molecule has 1 N–H and O–H groups in total. The number of carbonyl (C=O) groups excluding carboxylic acids is 2. The molecule has 0 amide bonds. The van der Waals surface area contributed by atoms with Crippen LogP contribution in [-0.2, 0) is 30.3 Å². The van der Waals surface area contributed by atoms with Crippen LogP contribution in [0.3, 0.4) is 0 Å². The number of aliphatic hydroxyl groups excluding tert-OH is 1. The number of hydrogen-bond acceptors (Lipinski definition) is 9. The smallest absolute Gasteiger partial charge is 0.334 e. The zero-order valence-electron chi connectivity index (χ0n) is 21.1. The summed E-state index contributed by atoms with van der Waals surface area (Å²) in [5.74, 6) is 5.82. The van der Waals surface area contributed by atoms with Crippen molar-refractivity contribution in [2.45, 2.75) is 70.5 Å². The van der Waals surface area contributed by atoms with Crippen LogP contribution in [0.25, 0.3) is 0 Å². The predicted molar refractivity (Wildman–Crippen MR) is 132 cm³/mol. The molecule has 5 unspecified atom stereocenters. The van der Waals surface area contributed by atoms with E-state index in [4.69, 9.17) is 9.47 Å². The molecule has 1 aromatic carbocycles. The van der Waals surface area contributed by atoms with Crippen molar-refractivity contribution in [1.29, 1.82) is 0 Å². The van der Waals surface area contributed by atoms with E-state index in [9.17, 15) is 24.8 Å². The van der Waals surface area contributed by atoms with Crippen LogP contribution in [0.1, 0.15) is 63.0 Å². The molecule has 1 aliphatic carbocycles. The van der Waals surface area contributed by atoms with Crippen molar-refractivity contribution in [2.75, 3.05) is 13.4 Å². The molecule has 0 saturated heterocycles. The second-order valence-corrected chi connectivity index (χ2v) is 9.24. The van der Waals surface area contributed by atoms with E-state index in [1.165, 1.54) is 5.56 Å². The maximum atomic E-state index is 11.9. The van der Waals surface area contributed by atoms with Gasteiger partial charge in [-0.2, -0.15) is 0 Å². The molecule has 200 valence electrons. The summed E-state index contributed by atoms with van der Waals surface area (Å²) in [6.07, 6.45) is 7.44. The molecule has 1 fully saturated rings. The van der Waals surface area contributed by atoms with E-state index in [2.05, 4.69) is 33.6 Å². The van der Waals surface area contributed by atoms with Gasteiger partial charge in [0.05, 0.1) is 6.10 Å². The molecule has 10 heteroatoms. The summed E-state index contributed by atoms with van der Waals surface area (Å²) in [6, 6.07) is 6.09. The lowest BCUT2D eigenvalue weighted by molar-refractivity contribution is -0.754. The Kier molecular flexibility index (Phi) is 10.3. The molecule has 1 aromatic rings. The number of rotatable bonds is 13. The topological polar surface area (TPSA) is 134 Å². The van der Waals surface area contributed by atoms with Crippen LogP contribution in [-0.4, -0.2) is 47.7 Å². The first-order valence-electron chi connectivity index (χ1n) is 12.4. The molecule has 2 aliphatic rings. The number of hydrogen-bond donors (Lipinski definition) is 1. The Morgan fingerprint density at radius 3 is 2.84 bits per heavy atom. The van der Waals surface area contributed by atoms with Gasteiger partial charge in [-0.3, -0.25) is 4.79 Å². The van der Waals surface area contributed by atoms with Gasteiger partial charge in [0.15, 0.2) is 6.61 Å². The van der Waals surface area contributed by atoms with Crippen molar-refractivity contribution < 1.29 is 38.8 Å². The predicted octanol–water partition coefficient (Wildman–Crippen LogP) is 3.48. The molecule has 1 heterocycles. The molecule has 0 bridgehead atoms. The highest BCUT2D eigenvalue weighted by Crippen LogP contribution is 2.52. The van der Waals surface area contributed by atoms with E-state index in [0.717, 1.165) is 24.2 Å². The van der Waals surface area contributed by atoms with Crippen LogP contribution in [0.15, 0.2) is 30.4 Å². The fraction of sp³-hybridized carbons (Fsp3) is 0.556. The Morgan fingerprint density at radius 1 is 1.30 bits per heavy atom. The second kappa shape index (κ2) is 13.7. The molecule has 5 atom stereocenters. The number of allylic oxidation sites excluding steroid dienone is 1. The fourth-order valence-electron chi connectivity index (χ4n) is 4.76. The van der Waals surface area contributed by atoms with Gasteiger partial charge >= 0.3 is 11.9 Å². The van der Waals surface area contributed by atoms with E-state index in [-0.39, 0.29) is 30.3 Å². The Labute approximate surface area is 216 Å². The standard InChI is InChI=1S/C27H33NO9/c1-3-4-7-18(2)22(29)14-12-19-13-15-23-26(19)21-10-5-8-20(27(21)37-23)9-6-11-24(30)34-17-35-25(31)16-36-28(32)33/h5,8,10,12,14,18-19,22-23,26,29H,6-7,9,11,13,15-17H2,1-2H3/b14-12+. The van der Waals surface area contributed by atoms with E-state index in [1.54, 1.807) is 6.92 Å². The first kappa shape index (κ1) is 28.0. The van der Waals surface area contributed by atoms with E-state index >= 15 is 0 Å². The maximum Gasteiger partial charge on any atom is 0.334 e. The quantitative estimate of drug-likeness (QED) is 0.105. The third kappa shape index (κ3) is 7.95. The van der Waals surface area contributed by atoms with Crippen LogP contribution in [0.4, 0.5) is 0 Å². The van der Waals surface area contributed by atoms with Gasteiger partial charge in [-0.05, 0) is 50.0 Å². The molecular weight excluding hydrogens is 482 g/mol. The molecule has 0 aromatic heterocycles. The van der Waals surface area contributed by atoms with E-state index in [0.29, 0.717) is 19.3 Å². The molecular formula is C27H33NO9. The van der Waals surface area contributed by atoms with Crippen LogP contribution in [0, 0.1) is 33.8 Å². The minimum absolute atomic E-state index is 0.0703. The van der Waals surface area contributed by atoms with Gasteiger partial charge < -0.3 is 24.2 Å². The van der Waals surface area contributed by atoms with Gasteiger partial charge in [-0.25, -0.2) is 4.79 Å². The normalized spacial score (nSPS) is 21.1. The number of ether oxygens (including phenoxy) is 3. The summed E-state index contributed by atoms with van der Waals surface area (Å²) in [5.41, 5.74) is 2.19. The molecule has 1 saturated carbocycles. The monoisotopic (exact) mass is 515 g/mol. The third-order valence-electron chi connectivity index (χ3n) is 6.70. The Balaban J connectivity index is 1.49. The average molecular weight is 516 g/mol. The minimum atomic E-state index is -1.11. The highest BCUT2D eigenvalue weighted by molar-refractivity contribution is 5.71. The van der Waals surface area contributed by atoms with Crippen molar-refractivity contribution in [3.05, 3.63) is 51.6 Å². The second-order valence-electron chi connectivity index (χ2n) is 9.24. The lowest BCUT2D eigenvalue weighted by Crippen LogP contribution is -2.18. The van der Waals surface area contributed by atoms with Gasteiger partial charge in [0, 0.05) is 24.3 Å². The summed E-state index contributed by atoms with van der Waals surface area (Å²) in [4.78, 5) is 37.0. The zero-order chi connectivity index (χ0) is 26.8. The summed E-state index contributed by atoms with van der Waals surface area (Å²) in [6.45, 7) is 2.30. The van der Waals surface area contributed by atoms with Gasteiger partial charge in [0.1, 0.15) is 11.9 Å². The number of carbonyl (C=O) groups is 2. The fourth-order valence-corrected chi connectivity index (χ4v) is 4.76. The number of aryl methyl sites for hydroxylation is 1.